The minimum Gasteiger partial charge on any atom is -0.466 e. The third-order valence-corrected chi connectivity index (χ3v) is 4.05. The molecule has 23 heavy (non-hydrogen) atoms. The number of nitrogens with one attached hydrogen (secondary N) is 3. The van der Waals surface area contributed by atoms with Crippen molar-refractivity contribution in [3.05, 3.63) is 23.2 Å². The number of carbonyl (C=O) groups is 2. The lowest BCUT2D eigenvalue weighted by Gasteiger charge is -2.34. The van der Waals surface area contributed by atoms with Crippen LogP contribution in [-0.4, -0.2) is 25.0 Å². The Morgan fingerprint density at radius 2 is 2.00 bits per heavy atom. The van der Waals surface area contributed by atoms with Crippen LogP contribution in [0.3, 0.4) is 0 Å². The summed E-state index contributed by atoms with van der Waals surface area (Å²) in [5, 5.41) is 8.59. The molecule has 1 atom stereocenters. The third kappa shape index (κ3) is 5.01. The summed E-state index contributed by atoms with van der Waals surface area (Å²) in [6, 6.07) is 1.81. The molecule has 3 N–H and O–H groups in total. The van der Waals surface area contributed by atoms with Gasteiger partial charge in [-0.05, 0) is 31.2 Å². The van der Waals surface area contributed by atoms with Gasteiger partial charge in [0.15, 0.2) is 0 Å². The van der Waals surface area contributed by atoms with Crippen molar-refractivity contribution in [2.75, 3.05) is 13.1 Å². The first kappa shape index (κ1) is 17.4. The van der Waals surface area contributed by atoms with Crippen LogP contribution in [0, 0.1) is 12.3 Å². The van der Waals surface area contributed by atoms with Crippen molar-refractivity contribution >= 4 is 11.9 Å². The SMILES string of the molecule is CC(=O)NCCCNC(=O)N[C@@H]1CC(C)(C)Cc2oc(C)cc21. The molecule has 3 amide bonds. The van der Waals surface area contributed by atoms with Crippen LogP contribution in [0.15, 0.2) is 10.5 Å². The smallest absolute Gasteiger partial charge is 0.315 e. The average Bonchev–Trinajstić information content (AvgIpc) is 2.77. The van der Waals surface area contributed by atoms with E-state index in [0.717, 1.165) is 29.9 Å². The Hall–Kier alpha value is -1.98. The number of aryl methyl sites for hydroxylation is 1. The summed E-state index contributed by atoms with van der Waals surface area (Å²) >= 11 is 0. The average molecular weight is 321 g/mol. The van der Waals surface area contributed by atoms with Crippen molar-refractivity contribution in [1.29, 1.82) is 0 Å². The maximum absolute atomic E-state index is 12.1. The molecule has 0 saturated carbocycles. The summed E-state index contributed by atoms with van der Waals surface area (Å²) in [4.78, 5) is 22.9. The van der Waals surface area contributed by atoms with E-state index in [0.29, 0.717) is 19.5 Å². The Labute approximate surface area is 137 Å². The number of fused-ring (bicyclic) bond motifs is 1. The van der Waals surface area contributed by atoms with Crippen LogP contribution in [0.4, 0.5) is 4.79 Å². The zero-order valence-corrected chi connectivity index (χ0v) is 14.4. The summed E-state index contributed by atoms with van der Waals surface area (Å²) in [7, 11) is 0. The Morgan fingerprint density at radius 3 is 2.70 bits per heavy atom. The molecule has 6 heteroatoms. The maximum Gasteiger partial charge on any atom is 0.315 e. The Balaban J connectivity index is 1.86. The van der Waals surface area contributed by atoms with E-state index < -0.39 is 0 Å². The number of amides is 3. The highest BCUT2D eigenvalue weighted by Crippen LogP contribution is 2.41. The summed E-state index contributed by atoms with van der Waals surface area (Å²) in [6.45, 7) is 8.89. The van der Waals surface area contributed by atoms with E-state index in [1.165, 1.54) is 6.92 Å². The summed E-state index contributed by atoms with van der Waals surface area (Å²) in [5.74, 6) is 1.81. The second kappa shape index (κ2) is 7.06. The quantitative estimate of drug-likeness (QED) is 0.728. The van der Waals surface area contributed by atoms with Crippen molar-refractivity contribution in [2.45, 2.75) is 53.0 Å². The first-order chi connectivity index (χ1) is 10.8. The first-order valence-corrected chi connectivity index (χ1v) is 8.15. The largest absolute Gasteiger partial charge is 0.466 e. The van der Waals surface area contributed by atoms with Gasteiger partial charge in [0.1, 0.15) is 11.5 Å². The number of furan rings is 1. The molecule has 0 aromatic carbocycles. The standard InChI is InChI=1S/C17H27N3O3/c1-11-8-13-14(9-17(3,4)10-15(13)23-11)20-16(22)19-7-5-6-18-12(2)21/h8,14H,5-7,9-10H2,1-4H3,(H,18,21)(H2,19,20,22)/t14-/m1/s1. The Morgan fingerprint density at radius 1 is 1.30 bits per heavy atom. The first-order valence-electron chi connectivity index (χ1n) is 8.15. The van der Waals surface area contributed by atoms with Crippen molar-refractivity contribution in [1.82, 2.24) is 16.0 Å². The van der Waals surface area contributed by atoms with Crippen LogP contribution in [0.2, 0.25) is 0 Å². The molecule has 0 spiro atoms. The van der Waals surface area contributed by atoms with E-state index in [9.17, 15) is 9.59 Å². The maximum atomic E-state index is 12.1. The van der Waals surface area contributed by atoms with Gasteiger partial charge in [0, 0.05) is 32.0 Å². The fraction of sp³-hybridized carbons (Fsp3) is 0.647. The van der Waals surface area contributed by atoms with Crippen molar-refractivity contribution in [2.24, 2.45) is 5.41 Å². The monoisotopic (exact) mass is 321 g/mol. The molecule has 1 heterocycles. The van der Waals surface area contributed by atoms with Gasteiger partial charge in [-0.25, -0.2) is 4.79 Å². The van der Waals surface area contributed by atoms with Gasteiger partial charge in [-0.1, -0.05) is 13.8 Å². The van der Waals surface area contributed by atoms with Crippen LogP contribution in [0.1, 0.15) is 56.7 Å². The molecule has 128 valence electrons. The van der Waals surface area contributed by atoms with Gasteiger partial charge in [-0.3, -0.25) is 4.79 Å². The highest BCUT2D eigenvalue weighted by atomic mass is 16.3. The second-order valence-electron chi connectivity index (χ2n) is 7.07. The lowest BCUT2D eigenvalue weighted by atomic mass is 9.75. The van der Waals surface area contributed by atoms with Gasteiger partial charge in [-0.15, -0.1) is 0 Å². The topological polar surface area (TPSA) is 83.4 Å². The van der Waals surface area contributed by atoms with Crippen LogP contribution >= 0.6 is 0 Å². The molecule has 0 bridgehead atoms. The predicted octanol–water partition coefficient (Wildman–Crippen LogP) is 2.43. The second-order valence-corrected chi connectivity index (χ2v) is 7.07. The molecular weight excluding hydrogens is 294 g/mol. The minimum absolute atomic E-state index is 0.0263. The molecular formula is C17H27N3O3. The van der Waals surface area contributed by atoms with E-state index in [1.807, 2.05) is 13.0 Å². The molecule has 2 rings (SSSR count). The molecule has 0 radical (unpaired) electrons. The molecule has 1 aliphatic carbocycles. The number of urea groups is 1. The summed E-state index contributed by atoms with van der Waals surface area (Å²) < 4.78 is 5.78. The fourth-order valence-electron chi connectivity index (χ4n) is 3.08. The lowest BCUT2D eigenvalue weighted by Crippen LogP contribution is -2.42. The zero-order valence-electron chi connectivity index (χ0n) is 14.4. The predicted molar refractivity (Wildman–Crippen MR) is 88.1 cm³/mol. The fourth-order valence-corrected chi connectivity index (χ4v) is 3.08. The summed E-state index contributed by atoms with van der Waals surface area (Å²) in [5.41, 5.74) is 1.19. The van der Waals surface area contributed by atoms with E-state index in [1.54, 1.807) is 0 Å². The minimum atomic E-state index is -0.180. The Kier molecular flexibility index (Phi) is 5.34. The van der Waals surface area contributed by atoms with E-state index in [-0.39, 0.29) is 23.4 Å². The van der Waals surface area contributed by atoms with Crippen LogP contribution in [-0.2, 0) is 11.2 Å². The number of carbonyl (C=O) groups excluding carboxylic acids is 2. The highest BCUT2D eigenvalue weighted by molar-refractivity contribution is 5.74. The number of hydrogen-bond acceptors (Lipinski definition) is 3. The van der Waals surface area contributed by atoms with E-state index in [2.05, 4.69) is 29.8 Å². The van der Waals surface area contributed by atoms with Gasteiger partial charge in [0.2, 0.25) is 5.91 Å². The molecule has 1 aromatic rings. The van der Waals surface area contributed by atoms with Crippen molar-refractivity contribution < 1.29 is 14.0 Å². The molecule has 0 fully saturated rings. The van der Waals surface area contributed by atoms with Crippen LogP contribution in [0.25, 0.3) is 0 Å². The highest BCUT2D eigenvalue weighted by Gasteiger charge is 2.35. The van der Waals surface area contributed by atoms with Crippen molar-refractivity contribution in [3.63, 3.8) is 0 Å². The molecule has 1 aliphatic rings. The van der Waals surface area contributed by atoms with Crippen molar-refractivity contribution in [3.8, 4) is 0 Å². The molecule has 0 unspecified atom stereocenters. The molecule has 1 aromatic heterocycles. The normalized spacial score (nSPS) is 18.9. The van der Waals surface area contributed by atoms with Gasteiger partial charge in [0.25, 0.3) is 0 Å². The number of rotatable bonds is 5. The molecule has 0 aliphatic heterocycles. The Bertz CT molecular complexity index is 578. The third-order valence-electron chi connectivity index (χ3n) is 4.05. The molecule has 0 saturated heterocycles. The molecule has 6 nitrogen and oxygen atoms in total. The van der Waals surface area contributed by atoms with Crippen LogP contribution < -0.4 is 16.0 Å². The zero-order chi connectivity index (χ0) is 17.0. The van der Waals surface area contributed by atoms with E-state index >= 15 is 0 Å². The van der Waals surface area contributed by atoms with Crippen LogP contribution in [0.5, 0.6) is 0 Å². The van der Waals surface area contributed by atoms with Gasteiger partial charge in [-0.2, -0.15) is 0 Å². The van der Waals surface area contributed by atoms with Gasteiger partial charge < -0.3 is 20.4 Å². The lowest BCUT2D eigenvalue weighted by molar-refractivity contribution is -0.118. The van der Waals surface area contributed by atoms with Gasteiger partial charge >= 0.3 is 6.03 Å². The summed E-state index contributed by atoms with van der Waals surface area (Å²) in [6.07, 6.45) is 2.49. The number of hydrogen-bond donors (Lipinski definition) is 3. The van der Waals surface area contributed by atoms with E-state index in [4.69, 9.17) is 4.42 Å². The van der Waals surface area contributed by atoms with Gasteiger partial charge in [0.05, 0.1) is 6.04 Å².